The molecule has 0 bridgehead atoms. The number of nitrogens with one attached hydrogen (secondary N) is 1. The first-order valence-electron chi connectivity index (χ1n) is 5.80. The maximum atomic E-state index is 11.7. The molecule has 0 aliphatic heterocycles. The van der Waals surface area contributed by atoms with E-state index in [0.29, 0.717) is 18.7 Å². The average molecular weight is 329 g/mol. The van der Waals surface area contributed by atoms with E-state index in [0.717, 1.165) is 16.4 Å². The molecule has 1 N–H and O–H groups in total. The van der Waals surface area contributed by atoms with E-state index in [9.17, 15) is 9.59 Å². The Morgan fingerprint density at radius 2 is 2.26 bits per heavy atom. The Kier molecular flexibility index (Phi) is 6.52. The summed E-state index contributed by atoms with van der Waals surface area (Å²) in [5, 5.41) is 2.75. The van der Waals surface area contributed by atoms with Gasteiger partial charge in [-0.05, 0) is 34.1 Å². The quantitative estimate of drug-likeness (QED) is 0.608. The number of aldehydes is 1. The number of amides is 1. The van der Waals surface area contributed by atoms with Crippen molar-refractivity contribution in [2.75, 3.05) is 38.8 Å². The van der Waals surface area contributed by atoms with Gasteiger partial charge >= 0.3 is 0 Å². The third-order valence-electron chi connectivity index (χ3n) is 2.53. The number of nitrogens with zero attached hydrogens (tertiary/aromatic N) is 1. The average Bonchev–Trinajstić information content (AvgIpc) is 2.38. The van der Waals surface area contributed by atoms with Crippen molar-refractivity contribution in [1.82, 2.24) is 5.32 Å². The third-order valence-corrected chi connectivity index (χ3v) is 3.16. The predicted molar refractivity (Wildman–Crippen MR) is 77.7 cm³/mol. The van der Waals surface area contributed by atoms with Crippen molar-refractivity contribution in [3.63, 3.8) is 0 Å². The van der Waals surface area contributed by atoms with Crippen LogP contribution in [0.15, 0.2) is 22.7 Å². The lowest BCUT2D eigenvalue weighted by Crippen LogP contribution is -2.36. The smallest absolute Gasteiger partial charge is 0.239 e. The van der Waals surface area contributed by atoms with Crippen LogP contribution < -0.4 is 10.2 Å². The number of methoxy groups -OCH3 is 1. The molecular weight excluding hydrogens is 312 g/mol. The van der Waals surface area contributed by atoms with Crippen LogP contribution in [-0.4, -0.2) is 46.0 Å². The third kappa shape index (κ3) is 5.00. The molecule has 0 saturated carbocycles. The fraction of sp³-hybridized carbons (Fsp3) is 0.385. The van der Waals surface area contributed by atoms with Crippen LogP contribution in [0, 0.1) is 0 Å². The Morgan fingerprint density at radius 3 is 2.84 bits per heavy atom. The molecule has 0 atom stereocenters. The summed E-state index contributed by atoms with van der Waals surface area (Å²) in [7, 11) is 3.40. The van der Waals surface area contributed by atoms with Gasteiger partial charge in [-0.2, -0.15) is 0 Å². The number of halogens is 1. The number of rotatable bonds is 7. The van der Waals surface area contributed by atoms with E-state index in [2.05, 4.69) is 21.2 Å². The van der Waals surface area contributed by atoms with Gasteiger partial charge in [-0.25, -0.2) is 0 Å². The summed E-state index contributed by atoms with van der Waals surface area (Å²) >= 11 is 3.39. The van der Waals surface area contributed by atoms with Crippen LogP contribution >= 0.6 is 15.9 Å². The fourth-order valence-electron chi connectivity index (χ4n) is 1.56. The lowest BCUT2D eigenvalue weighted by Gasteiger charge is -2.20. The Morgan fingerprint density at radius 1 is 1.53 bits per heavy atom. The van der Waals surface area contributed by atoms with Gasteiger partial charge in [-0.1, -0.05) is 0 Å². The minimum atomic E-state index is -0.0779. The lowest BCUT2D eigenvalue weighted by atomic mass is 10.2. The van der Waals surface area contributed by atoms with Gasteiger partial charge in [-0.15, -0.1) is 0 Å². The molecule has 6 heteroatoms. The zero-order chi connectivity index (χ0) is 14.3. The summed E-state index contributed by atoms with van der Waals surface area (Å²) in [6, 6.07) is 5.24. The summed E-state index contributed by atoms with van der Waals surface area (Å²) in [5.41, 5.74) is 1.45. The van der Waals surface area contributed by atoms with Crippen molar-refractivity contribution in [3.05, 3.63) is 28.2 Å². The van der Waals surface area contributed by atoms with Crippen molar-refractivity contribution >= 4 is 33.8 Å². The maximum Gasteiger partial charge on any atom is 0.239 e. The van der Waals surface area contributed by atoms with E-state index in [4.69, 9.17) is 4.74 Å². The minimum Gasteiger partial charge on any atom is -0.383 e. The van der Waals surface area contributed by atoms with Crippen LogP contribution in [0.3, 0.4) is 0 Å². The lowest BCUT2D eigenvalue weighted by molar-refractivity contribution is -0.119. The van der Waals surface area contributed by atoms with Crippen molar-refractivity contribution < 1.29 is 14.3 Å². The highest BCUT2D eigenvalue weighted by molar-refractivity contribution is 9.10. The normalized spacial score (nSPS) is 10.1. The van der Waals surface area contributed by atoms with Crippen LogP contribution in [0.4, 0.5) is 5.69 Å². The van der Waals surface area contributed by atoms with Crippen LogP contribution in [0.2, 0.25) is 0 Å². The number of anilines is 1. The van der Waals surface area contributed by atoms with Crippen LogP contribution in [0.1, 0.15) is 10.4 Å². The first-order valence-corrected chi connectivity index (χ1v) is 6.59. The van der Waals surface area contributed by atoms with Crippen molar-refractivity contribution in [2.45, 2.75) is 0 Å². The monoisotopic (exact) mass is 328 g/mol. The number of benzene rings is 1. The van der Waals surface area contributed by atoms with E-state index < -0.39 is 0 Å². The zero-order valence-corrected chi connectivity index (χ0v) is 12.6. The SMILES string of the molecule is COCCNC(=O)CN(C)c1ccc(C=O)cc1Br. The summed E-state index contributed by atoms with van der Waals surface area (Å²) < 4.78 is 5.64. The number of likely N-dealkylation sites (N-methyl/N-ethyl adjacent to an activating group) is 1. The molecule has 0 saturated heterocycles. The van der Waals surface area contributed by atoms with E-state index in [1.54, 1.807) is 30.2 Å². The van der Waals surface area contributed by atoms with Crippen LogP contribution in [-0.2, 0) is 9.53 Å². The van der Waals surface area contributed by atoms with Crippen molar-refractivity contribution in [2.24, 2.45) is 0 Å². The molecule has 0 aliphatic rings. The van der Waals surface area contributed by atoms with Gasteiger partial charge in [0.1, 0.15) is 6.29 Å². The predicted octanol–water partition coefficient (Wildman–Crippen LogP) is 1.46. The minimum absolute atomic E-state index is 0.0779. The van der Waals surface area contributed by atoms with Crippen LogP contribution in [0.25, 0.3) is 0 Å². The Hall–Kier alpha value is -1.40. The Labute approximate surface area is 121 Å². The number of ether oxygens (including phenoxy) is 1. The summed E-state index contributed by atoms with van der Waals surface area (Å²) in [6.07, 6.45) is 0.784. The molecule has 0 heterocycles. The standard InChI is InChI=1S/C13H17BrN2O3/c1-16(8-13(18)15-5-6-19-2)12-4-3-10(9-17)7-11(12)14/h3-4,7,9H,5-6,8H2,1-2H3,(H,15,18). The van der Waals surface area contributed by atoms with E-state index in [1.165, 1.54) is 0 Å². The largest absolute Gasteiger partial charge is 0.383 e. The van der Waals surface area contributed by atoms with Gasteiger partial charge < -0.3 is 15.0 Å². The highest BCUT2D eigenvalue weighted by Gasteiger charge is 2.10. The molecule has 0 spiro atoms. The Balaban J connectivity index is 2.60. The molecule has 0 aliphatic carbocycles. The molecule has 19 heavy (non-hydrogen) atoms. The second-order valence-corrected chi connectivity index (χ2v) is 4.88. The molecule has 104 valence electrons. The van der Waals surface area contributed by atoms with Gasteiger partial charge in [0, 0.05) is 30.7 Å². The molecule has 0 unspecified atom stereocenters. The maximum absolute atomic E-state index is 11.7. The van der Waals surface area contributed by atoms with Gasteiger partial charge in [0.15, 0.2) is 0 Å². The first kappa shape index (κ1) is 15.7. The highest BCUT2D eigenvalue weighted by atomic mass is 79.9. The highest BCUT2D eigenvalue weighted by Crippen LogP contribution is 2.25. The van der Waals surface area contributed by atoms with Gasteiger partial charge in [0.05, 0.1) is 18.8 Å². The number of hydrogen-bond acceptors (Lipinski definition) is 4. The van der Waals surface area contributed by atoms with E-state index in [1.807, 2.05) is 7.05 Å². The van der Waals surface area contributed by atoms with Gasteiger partial charge in [-0.3, -0.25) is 9.59 Å². The molecule has 0 aromatic heterocycles. The molecule has 1 aromatic rings. The fourth-order valence-corrected chi connectivity index (χ4v) is 2.25. The van der Waals surface area contributed by atoms with Crippen LogP contribution in [0.5, 0.6) is 0 Å². The number of carbonyl (C=O) groups excluding carboxylic acids is 2. The van der Waals surface area contributed by atoms with Gasteiger partial charge in [0.2, 0.25) is 5.91 Å². The second-order valence-electron chi connectivity index (χ2n) is 4.03. The molecule has 1 amide bonds. The molecule has 0 radical (unpaired) electrons. The van der Waals surface area contributed by atoms with Gasteiger partial charge in [0.25, 0.3) is 0 Å². The summed E-state index contributed by atoms with van der Waals surface area (Å²) in [4.78, 5) is 24.1. The first-order chi connectivity index (χ1) is 9.08. The summed E-state index contributed by atoms with van der Waals surface area (Å²) in [6.45, 7) is 1.23. The number of hydrogen-bond donors (Lipinski definition) is 1. The summed E-state index contributed by atoms with van der Waals surface area (Å²) in [5.74, 6) is -0.0779. The number of carbonyl (C=O) groups is 2. The molecule has 5 nitrogen and oxygen atoms in total. The molecule has 0 fully saturated rings. The van der Waals surface area contributed by atoms with E-state index in [-0.39, 0.29) is 12.5 Å². The zero-order valence-electron chi connectivity index (χ0n) is 11.0. The molecule has 1 rings (SSSR count). The second kappa shape index (κ2) is 7.91. The van der Waals surface area contributed by atoms with Crippen molar-refractivity contribution in [1.29, 1.82) is 0 Å². The van der Waals surface area contributed by atoms with Crippen molar-refractivity contribution in [3.8, 4) is 0 Å². The Bertz CT molecular complexity index is 452. The molecule has 1 aromatic carbocycles. The van der Waals surface area contributed by atoms with E-state index >= 15 is 0 Å². The molecular formula is C13H17BrN2O3. The topological polar surface area (TPSA) is 58.6 Å².